The van der Waals surface area contributed by atoms with E-state index in [1.54, 1.807) is 4.31 Å². The molecule has 110 valence electrons. The summed E-state index contributed by atoms with van der Waals surface area (Å²) in [6.07, 6.45) is 2.38. The van der Waals surface area contributed by atoms with Crippen LogP contribution < -0.4 is 10.6 Å². The number of hydrogen-bond acceptors (Lipinski definition) is 4. The highest BCUT2D eigenvalue weighted by molar-refractivity contribution is 7.89. The van der Waals surface area contributed by atoms with Crippen LogP contribution in [-0.2, 0) is 14.8 Å². The van der Waals surface area contributed by atoms with E-state index in [-0.39, 0.29) is 11.2 Å². The fraction of sp³-hybridized carbons (Fsp3) is 0.917. The Balaban J connectivity index is 1.83. The Hall–Kier alpha value is -0.660. The first kappa shape index (κ1) is 14.7. The predicted molar refractivity (Wildman–Crippen MR) is 73.2 cm³/mol. The SMILES string of the molecule is CC(=O)NCC1CCN(S(=O)(=O)C2CCNC2)CC1. The molecule has 1 unspecified atom stereocenters. The maximum atomic E-state index is 12.4. The van der Waals surface area contributed by atoms with Crippen molar-refractivity contribution in [2.75, 3.05) is 32.7 Å². The lowest BCUT2D eigenvalue weighted by Crippen LogP contribution is -2.45. The Bertz CT molecular complexity index is 410. The van der Waals surface area contributed by atoms with Gasteiger partial charge >= 0.3 is 0 Å². The van der Waals surface area contributed by atoms with E-state index >= 15 is 0 Å². The molecule has 2 heterocycles. The maximum absolute atomic E-state index is 12.4. The normalized spacial score (nSPS) is 26.5. The third-order valence-electron chi connectivity index (χ3n) is 4.01. The van der Waals surface area contributed by atoms with Gasteiger partial charge < -0.3 is 10.6 Å². The van der Waals surface area contributed by atoms with E-state index in [0.29, 0.717) is 38.5 Å². The minimum absolute atomic E-state index is 0.0212. The summed E-state index contributed by atoms with van der Waals surface area (Å²) in [6, 6.07) is 0. The predicted octanol–water partition coefficient (Wildman–Crippen LogP) is -0.474. The van der Waals surface area contributed by atoms with Crippen molar-refractivity contribution >= 4 is 15.9 Å². The van der Waals surface area contributed by atoms with Gasteiger partial charge in [-0.05, 0) is 31.7 Å². The second kappa shape index (κ2) is 6.19. The van der Waals surface area contributed by atoms with Crippen LogP contribution in [-0.4, -0.2) is 56.6 Å². The van der Waals surface area contributed by atoms with Gasteiger partial charge in [-0.25, -0.2) is 12.7 Å². The van der Waals surface area contributed by atoms with Crippen molar-refractivity contribution in [1.29, 1.82) is 0 Å². The lowest BCUT2D eigenvalue weighted by molar-refractivity contribution is -0.119. The van der Waals surface area contributed by atoms with Crippen LogP contribution in [0.4, 0.5) is 0 Å². The van der Waals surface area contributed by atoms with Crippen molar-refractivity contribution in [3.05, 3.63) is 0 Å². The molecule has 0 aromatic carbocycles. The van der Waals surface area contributed by atoms with Crippen LogP contribution in [0.1, 0.15) is 26.2 Å². The molecule has 2 N–H and O–H groups in total. The number of sulfonamides is 1. The van der Waals surface area contributed by atoms with Crippen molar-refractivity contribution in [1.82, 2.24) is 14.9 Å². The highest BCUT2D eigenvalue weighted by atomic mass is 32.2. The Morgan fingerprint density at radius 1 is 1.32 bits per heavy atom. The van der Waals surface area contributed by atoms with E-state index in [2.05, 4.69) is 10.6 Å². The third kappa shape index (κ3) is 3.67. The molecule has 0 saturated carbocycles. The molecule has 2 aliphatic rings. The molecule has 0 radical (unpaired) electrons. The zero-order chi connectivity index (χ0) is 13.9. The van der Waals surface area contributed by atoms with Gasteiger partial charge in [-0.15, -0.1) is 0 Å². The number of nitrogens with one attached hydrogen (secondary N) is 2. The molecule has 0 aliphatic carbocycles. The first-order valence-electron chi connectivity index (χ1n) is 6.94. The summed E-state index contributed by atoms with van der Waals surface area (Å²) in [5.74, 6) is 0.379. The molecule has 0 aromatic rings. The molecule has 6 nitrogen and oxygen atoms in total. The number of piperidine rings is 1. The molecule has 1 amide bonds. The van der Waals surface area contributed by atoms with Gasteiger partial charge in [0.1, 0.15) is 0 Å². The monoisotopic (exact) mass is 289 g/mol. The summed E-state index contributed by atoms with van der Waals surface area (Å²) >= 11 is 0. The molecule has 2 saturated heterocycles. The summed E-state index contributed by atoms with van der Waals surface area (Å²) in [5, 5.41) is 5.66. The summed E-state index contributed by atoms with van der Waals surface area (Å²) in [6.45, 7) is 4.71. The fourth-order valence-corrected chi connectivity index (χ4v) is 4.63. The van der Waals surface area contributed by atoms with E-state index in [1.807, 2.05) is 0 Å². The first-order valence-corrected chi connectivity index (χ1v) is 8.44. The number of carbonyl (C=O) groups is 1. The van der Waals surface area contributed by atoms with Crippen LogP contribution in [0.5, 0.6) is 0 Å². The highest BCUT2D eigenvalue weighted by Gasteiger charge is 2.35. The smallest absolute Gasteiger partial charge is 0.218 e. The van der Waals surface area contributed by atoms with Gasteiger partial charge in [0.15, 0.2) is 0 Å². The van der Waals surface area contributed by atoms with Crippen molar-refractivity contribution in [3.8, 4) is 0 Å². The zero-order valence-corrected chi connectivity index (χ0v) is 12.2. The van der Waals surface area contributed by atoms with E-state index < -0.39 is 10.0 Å². The highest BCUT2D eigenvalue weighted by Crippen LogP contribution is 2.23. The van der Waals surface area contributed by atoms with Crippen LogP contribution in [0, 0.1) is 5.92 Å². The molecular weight excluding hydrogens is 266 g/mol. The van der Waals surface area contributed by atoms with Gasteiger partial charge in [-0.2, -0.15) is 0 Å². The second-order valence-corrected chi connectivity index (χ2v) is 7.65. The zero-order valence-electron chi connectivity index (χ0n) is 11.4. The quantitative estimate of drug-likeness (QED) is 0.733. The first-order chi connectivity index (χ1) is 9.00. The van der Waals surface area contributed by atoms with E-state index in [4.69, 9.17) is 0 Å². The van der Waals surface area contributed by atoms with Crippen LogP contribution in [0.15, 0.2) is 0 Å². The summed E-state index contributed by atoms with van der Waals surface area (Å²) in [7, 11) is -3.13. The molecule has 0 spiro atoms. The molecule has 7 heteroatoms. The van der Waals surface area contributed by atoms with Gasteiger partial charge in [-0.3, -0.25) is 4.79 Å². The lowest BCUT2D eigenvalue weighted by Gasteiger charge is -2.32. The van der Waals surface area contributed by atoms with Gasteiger partial charge in [0.05, 0.1) is 5.25 Å². The number of nitrogens with zero attached hydrogens (tertiary/aromatic N) is 1. The average molecular weight is 289 g/mol. The largest absolute Gasteiger partial charge is 0.356 e. The molecule has 0 aromatic heterocycles. The molecule has 2 aliphatic heterocycles. The van der Waals surface area contributed by atoms with Gasteiger partial charge in [0, 0.05) is 33.1 Å². The standard InChI is InChI=1S/C12H23N3O3S/c1-10(16)14-8-11-3-6-15(7-4-11)19(17,18)12-2-5-13-9-12/h11-13H,2-9H2,1H3,(H,14,16). The maximum Gasteiger partial charge on any atom is 0.218 e. The Kier molecular flexibility index (Phi) is 4.81. The van der Waals surface area contributed by atoms with Crippen LogP contribution in [0.2, 0.25) is 0 Å². The van der Waals surface area contributed by atoms with Crippen molar-refractivity contribution < 1.29 is 13.2 Å². The molecule has 1 atom stereocenters. The molecule has 19 heavy (non-hydrogen) atoms. The van der Waals surface area contributed by atoms with Crippen LogP contribution >= 0.6 is 0 Å². The summed E-state index contributed by atoms with van der Waals surface area (Å²) in [4.78, 5) is 10.9. The van der Waals surface area contributed by atoms with E-state index in [0.717, 1.165) is 19.4 Å². The Morgan fingerprint density at radius 3 is 2.53 bits per heavy atom. The number of carbonyl (C=O) groups excluding carboxylic acids is 1. The van der Waals surface area contributed by atoms with Gasteiger partial charge in [-0.1, -0.05) is 0 Å². The number of rotatable bonds is 4. The van der Waals surface area contributed by atoms with Crippen molar-refractivity contribution in [2.24, 2.45) is 5.92 Å². The van der Waals surface area contributed by atoms with E-state index in [9.17, 15) is 13.2 Å². The number of hydrogen-bond donors (Lipinski definition) is 2. The van der Waals surface area contributed by atoms with Crippen LogP contribution in [0.3, 0.4) is 0 Å². The fourth-order valence-electron chi connectivity index (χ4n) is 2.75. The molecule has 2 fully saturated rings. The molecule has 0 bridgehead atoms. The topological polar surface area (TPSA) is 78.5 Å². The third-order valence-corrected chi connectivity index (χ3v) is 6.34. The second-order valence-electron chi connectivity index (χ2n) is 5.44. The summed E-state index contributed by atoms with van der Waals surface area (Å²) in [5.41, 5.74) is 0. The lowest BCUT2D eigenvalue weighted by atomic mass is 9.98. The molecule has 2 rings (SSSR count). The molecular formula is C12H23N3O3S. The van der Waals surface area contributed by atoms with Crippen molar-refractivity contribution in [2.45, 2.75) is 31.4 Å². The minimum Gasteiger partial charge on any atom is -0.356 e. The Morgan fingerprint density at radius 2 is 2.00 bits per heavy atom. The van der Waals surface area contributed by atoms with Crippen molar-refractivity contribution in [3.63, 3.8) is 0 Å². The van der Waals surface area contributed by atoms with Gasteiger partial charge in [0.25, 0.3) is 0 Å². The average Bonchev–Trinajstić information content (AvgIpc) is 2.91. The summed E-state index contributed by atoms with van der Waals surface area (Å²) < 4.78 is 26.4. The van der Waals surface area contributed by atoms with Crippen LogP contribution in [0.25, 0.3) is 0 Å². The van der Waals surface area contributed by atoms with E-state index in [1.165, 1.54) is 6.92 Å². The van der Waals surface area contributed by atoms with Gasteiger partial charge in [0.2, 0.25) is 15.9 Å². The Labute approximate surface area is 115 Å². The minimum atomic E-state index is -3.13. The number of amides is 1.